The van der Waals surface area contributed by atoms with Gasteiger partial charge in [-0.1, -0.05) is 24.3 Å². The molecule has 0 saturated carbocycles. The van der Waals surface area contributed by atoms with Gasteiger partial charge in [0.15, 0.2) is 0 Å². The lowest BCUT2D eigenvalue weighted by Crippen LogP contribution is -1.88. The van der Waals surface area contributed by atoms with Crippen LogP contribution in [0.3, 0.4) is 0 Å². The average molecular weight is 288 g/mol. The van der Waals surface area contributed by atoms with E-state index in [2.05, 4.69) is 9.37 Å². The van der Waals surface area contributed by atoms with Gasteiger partial charge in [0.1, 0.15) is 11.5 Å². The maximum atomic E-state index is 9.60. The van der Waals surface area contributed by atoms with Crippen LogP contribution in [0.1, 0.15) is 37.7 Å². The van der Waals surface area contributed by atoms with Gasteiger partial charge < -0.3 is 10.2 Å². The zero-order valence-corrected chi connectivity index (χ0v) is 11.6. The quantitative estimate of drug-likeness (QED) is 0.200. The first-order chi connectivity index (χ1) is 9.24. The van der Waals surface area contributed by atoms with E-state index in [1.54, 1.807) is 6.07 Å². The summed E-state index contributed by atoms with van der Waals surface area (Å²) in [6.45, 7) is 0. The second-order valence-electron chi connectivity index (χ2n) is 4.30. The van der Waals surface area contributed by atoms with E-state index in [-0.39, 0.29) is 11.5 Å². The van der Waals surface area contributed by atoms with Crippen LogP contribution in [0.25, 0.3) is 0 Å². The van der Waals surface area contributed by atoms with E-state index in [9.17, 15) is 10.2 Å². The van der Waals surface area contributed by atoms with E-state index in [0.29, 0.717) is 0 Å². The molecule has 0 radical (unpaired) electrons. The Morgan fingerprint density at radius 1 is 1.00 bits per heavy atom. The highest BCUT2D eigenvalue weighted by atomic mass is 32.2. The van der Waals surface area contributed by atoms with Gasteiger partial charge in [-0.3, -0.25) is 0 Å². The molecule has 6 heteroatoms. The molecule has 0 bridgehead atoms. The number of phenolic OH excluding ortho intramolecular Hbond substituents is 2. The molecule has 19 heavy (non-hydrogen) atoms. The molecule has 1 rings (SSSR count). The highest BCUT2D eigenvalue weighted by molar-refractivity contribution is 7.94. The van der Waals surface area contributed by atoms with Gasteiger partial charge in [0.25, 0.3) is 0 Å². The minimum atomic E-state index is 0.191. The van der Waals surface area contributed by atoms with Crippen molar-refractivity contribution in [3.05, 3.63) is 23.8 Å². The van der Waals surface area contributed by atoms with Gasteiger partial charge in [0.2, 0.25) is 0 Å². The topological polar surface area (TPSA) is 79.2 Å². The Morgan fingerprint density at radius 2 is 1.74 bits per heavy atom. The first-order valence-electron chi connectivity index (χ1n) is 6.34. The first kappa shape index (κ1) is 16.1. The van der Waals surface area contributed by atoms with Gasteiger partial charge in [-0.25, -0.2) is 5.26 Å². The normalized spacial score (nSPS) is 10.8. The van der Waals surface area contributed by atoms with E-state index in [1.165, 1.54) is 12.1 Å². The van der Waals surface area contributed by atoms with E-state index >= 15 is 0 Å². The summed E-state index contributed by atoms with van der Waals surface area (Å²) in [5.74, 6) is 1.22. The third-order valence-electron chi connectivity index (χ3n) is 2.82. The summed E-state index contributed by atoms with van der Waals surface area (Å²) in [6, 6.07) is 4.61. The summed E-state index contributed by atoms with van der Waals surface area (Å²) in [6.07, 6.45) is 6.05. The summed E-state index contributed by atoms with van der Waals surface area (Å²) < 4.78 is 4.26. The molecule has 3 N–H and O–H groups in total. The summed E-state index contributed by atoms with van der Waals surface area (Å²) in [4.78, 5) is 0. The van der Waals surface area contributed by atoms with Crippen molar-refractivity contribution >= 4 is 12.0 Å². The van der Waals surface area contributed by atoms with Crippen molar-refractivity contribution in [2.75, 3.05) is 5.75 Å². The average Bonchev–Trinajstić information content (AvgIpc) is 2.40. The van der Waals surface area contributed by atoms with Crippen LogP contribution in [0.2, 0.25) is 0 Å². The lowest BCUT2D eigenvalue weighted by molar-refractivity contribution is -0.432. The molecular weight excluding hydrogens is 268 g/mol. The van der Waals surface area contributed by atoms with Crippen LogP contribution in [-0.4, -0.2) is 21.2 Å². The molecule has 0 atom stereocenters. The maximum absolute atomic E-state index is 9.60. The van der Waals surface area contributed by atoms with Crippen molar-refractivity contribution in [1.82, 2.24) is 0 Å². The van der Waals surface area contributed by atoms with Gasteiger partial charge in [-0.15, -0.1) is 4.33 Å². The largest absolute Gasteiger partial charge is 0.508 e. The van der Waals surface area contributed by atoms with Crippen molar-refractivity contribution in [3.8, 4) is 11.5 Å². The fraction of sp³-hybridized carbons (Fsp3) is 0.538. The van der Waals surface area contributed by atoms with Crippen LogP contribution in [-0.2, 0) is 15.8 Å². The van der Waals surface area contributed by atoms with Crippen molar-refractivity contribution in [2.45, 2.75) is 38.5 Å². The Labute approximate surface area is 117 Å². The van der Waals surface area contributed by atoms with Crippen LogP contribution in [0.4, 0.5) is 0 Å². The van der Waals surface area contributed by atoms with Gasteiger partial charge in [-0.2, -0.15) is 0 Å². The van der Waals surface area contributed by atoms with Crippen LogP contribution >= 0.6 is 12.0 Å². The van der Waals surface area contributed by atoms with Gasteiger partial charge >= 0.3 is 0 Å². The monoisotopic (exact) mass is 288 g/mol. The van der Waals surface area contributed by atoms with Gasteiger partial charge in [0.05, 0.1) is 0 Å². The van der Waals surface area contributed by atoms with E-state index in [0.717, 1.165) is 61.9 Å². The molecule has 108 valence electrons. The Balaban J connectivity index is 2.03. The number of hydrogen-bond donors (Lipinski definition) is 3. The van der Waals surface area contributed by atoms with Crippen LogP contribution < -0.4 is 0 Å². The molecule has 1 aromatic carbocycles. The summed E-state index contributed by atoms with van der Waals surface area (Å²) in [7, 11) is 0. The molecule has 0 amide bonds. The first-order valence-corrected chi connectivity index (χ1v) is 7.25. The standard InChI is InChI=1S/C13H20O5S/c14-12-7-8-13(15)11(10-12)6-4-2-1-3-5-9-19-18-17-16/h7-8,10,14-16H,1-6,9H2. The molecule has 0 spiro atoms. The van der Waals surface area contributed by atoms with Crippen LogP contribution in [0.15, 0.2) is 18.2 Å². The van der Waals surface area contributed by atoms with Crippen molar-refractivity contribution in [3.63, 3.8) is 0 Å². The van der Waals surface area contributed by atoms with Crippen LogP contribution in [0, 0.1) is 0 Å². The number of aryl methyl sites for hydroxylation is 1. The fourth-order valence-corrected chi connectivity index (χ4v) is 2.27. The molecule has 0 saturated heterocycles. The van der Waals surface area contributed by atoms with E-state index in [1.807, 2.05) is 0 Å². The third kappa shape index (κ3) is 7.27. The minimum Gasteiger partial charge on any atom is -0.508 e. The number of benzene rings is 1. The maximum Gasteiger partial charge on any atom is 0.119 e. The highest BCUT2D eigenvalue weighted by Gasteiger charge is 2.02. The smallest absolute Gasteiger partial charge is 0.119 e. The Morgan fingerprint density at radius 3 is 2.53 bits per heavy atom. The summed E-state index contributed by atoms with van der Waals surface area (Å²) in [5.41, 5.74) is 0.795. The summed E-state index contributed by atoms with van der Waals surface area (Å²) >= 11 is 1.08. The number of hydrogen-bond acceptors (Lipinski definition) is 6. The molecular formula is C13H20O5S. The zero-order chi connectivity index (χ0) is 13.9. The molecule has 0 aromatic heterocycles. The fourth-order valence-electron chi connectivity index (χ4n) is 1.83. The number of unbranched alkanes of at least 4 members (excludes halogenated alkanes) is 4. The summed E-state index contributed by atoms with van der Waals surface area (Å²) in [5, 5.41) is 30.3. The third-order valence-corrected chi connectivity index (χ3v) is 3.43. The molecule has 5 nitrogen and oxygen atoms in total. The van der Waals surface area contributed by atoms with Crippen molar-refractivity contribution in [2.24, 2.45) is 0 Å². The Bertz CT molecular complexity index is 359. The van der Waals surface area contributed by atoms with E-state index < -0.39 is 0 Å². The zero-order valence-electron chi connectivity index (χ0n) is 10.7. The number of rotatable bonds is 10. The lowest BCUT2D eigenvalue weighted by atomic mass is 10.0. The van der Waals surface area contributed by atoms with Crippen LogP contribution in [0.5, 0.6) is 11.5 Å². The van der Waals surface area contributed by atoms with Gasteiger partial charge in [-0.05, 0) is 43.0 Å². The lowest BCUT2D eigenvalue weighted by Gasteiger charge is -2.05. The van der Waals surface area contributed by atoms with Crippen molar-refractivity contribution in [1.29, 1.82) is 0 Å². The molecule has 0 aliphatic heterocycles. The van der Waals surface area contributed by atoms with Gasteiger partial charge in [0, 0.05) is 17.8 Å². The predicted octanol–water partition coefficient (Wildman–Crippen LogP) is 3.66. The molecule has 0 heterocycles. The molecule has 1 aromatic rings. The van der Waals surface area contributed by atoms with E-state index in [4.69, 9.17) is 5.26 Å². The molecule has 0 aliphatic rings. The second kappa shape index (κ2) is 9.91. The minimum absolute atomic E-state index is 0.191. The van der Waals surface area contributed by atoms with Crippen molar-refractivity contribution < 1.29 is 24.8 Å². The number of phenols is 2. The number of aromatic hydroxyl groups is 2. The molecule has 0 fully saturated rings. The second-order valence-corrected chi connectivity index (χ2v) is 5.08. The highest BCUT2D eigenvalue weighted by Crippen LogP contribution is 2.24. The molecule has 0 unspecified atom stereocenters. The Kier molecular flexibility index (Phi) is 8.40. The Hall–Kier alpha value is -0.950. The SMILES string of the molecule is OOOSCCCCCCCc1cc(O)ccc1O. The predicted molar refractivity (Wildman–Crippen MR) is 73.8 cm³/mol. The molecule has 0 aliphatic carbocycles.